The number of sulfone groups is 1. The molecule has 0 aromatic heterocycles. The summed E-state index contributed by atoms with van der Waals surface area (Å²) >= 11 is 0. The highest BCUT2D eigenvalue weighted by Crippen LogP contribution is 2.43. The first-order valence-corrected chi connectivity index (χ1v) is 15.7. The molecule has 40 heavy (non-hydrogen) atoms. The van der Waals surface area contributed by atoms with Gasteiger partial charge in [-0.15, -0.1) is 8.78 Å². The lowest BCUT2D eigenvalue weighted by Crippen LogP contribution is -2.50. The number of hydrogen-bond acceptors (Lipinski definition) is 6. The summed E-state index contributed by atoms with van der Waals surface area (Å²) in [4.78, 5) is 4.86. The molecule has 0 radical (unpaired) electrons. The van der Waals surface area contributed by atoms with Crippen molar-refractivity contribution in [2.45, 2.75) is 48.8 Å². The van der Waals surface area contributed by atoms with Gasteiger partial charge in [0.25, 0.3) is 0 Å². The van der Waals surface area contributed by atoms with Gasteiger partial charge in [0.05, 0.1) is 10.6 Å². The maximum Gasteiger partial charge on any atom is 0.586 e. The summed E-state index contributed by atoms with van der Waals surface area (Å²) in [6, 6.07) is 21.7. The van der Waals surface area contributed by atoms with Crippen molar-refractivity contribution in [3.8, 4) is 11.5 Å². The van der Waals surface area contributed by atoms with Gasteiger partial charge in [-0.1, -0.05) is 36.4 Å². The standard InChI is InChI=1S/C31H32F2N2O4S/c32-31(33)38-29-12-10-25(17-30(29)39-31)40(36,37)20-22-18-35(19-22)24-9-7-23-8-11-28(34-13-4-14-34)27(26(23)16-24)15-21-5-2-1-3-6-21/h1-3,5-7,9-10,12,16-17,22,27-28H,4,8,11,13-15,18-20H2/t27-,28+/m1/s1. The zero-order valence-corrected chi connectivity index (χ0v) is 23.0. The molecule has 0 saturated carbocycles. The van der Waals surface area contributed by atoms with Crippen molar-refractivity contribution in [3.63, 3.8) is 0 Å². The van der Waals surface area contributed by atoms with Crippen LogP contribution in [0.25, 0.3) is 0 Å². The van der Waals surface area contributed by atoms with Crippen molar-refractivity contribution >= 4 is 15.5 Å². The van der Waals surface area contributed by atoms with Crippen LogP contribution in [0.1, 0.15) is 35.4 Å². The number of likely N-dealkylation sites (tertiary alicyclic amines) is 1. The number of ether oxygens (including phenoxy) is 2. The lowest BCUT2D eigenvalue weighted by atomic mass is 9.74. The summed E-state index contributed by atoms with van der Waals surface area (Å²) in [5.41, 5.74) is 5.35. The second kappa shape index (κ2) is 9.73. The molecule has 0 unspecified atom stereocenters. The maximum absolute atomic E-state index is 13.4. The van der Waals surface area contributed by atoms with Crippen LogP contribution in [0, 0.1) is 5.92 Å². The van der Waals surface area contributed by atoms with Crippen LogP contribution < -0.4 is 14.4 Å². The maximum atomic E-state index is 13.4. The van der Waals surface area contributed by atoms with Gasteiger partial charge in [-0.25, -0.2) is 8.42 Å². The Morgan fingerprint density at radius 2 is 1.70 bits per heavy atom. The van der Waals surface area contributed by atoms with Crippen LogP contribution >= 0.6 is 0 Å². The zero-order chi connectivity index (χ0) is 27.5. The number of anilines is 1. The van der Waals surface area contributed by atoms with Gasteiger partial charge in [0.15, 0.2) is 21.3 Å². The molecule has 210 valence electrons. The van der Waals surface area contributed by atoms with Crippen molar-refractivity contribution in [2.24, 2.45) is 5.92 Å². The molecule has 3 aliphatic heterocycles. The highest BCUT2D eigenvalue weighted by molar-refractivity contribution is 7.91. The van der Waals surface area contributed by atoms with Gasteiger partial charge in [-0.3, -0.25) is 4.90 Å². The van der Waals surface area contributed by atoms with E-state index in [0.717, 1.165) is 24.6 Å². The molecular weight excluding hydrogens is 534 g/mol. The predicted octanol–water partition coefficient (Wildman–Crippen LogP) is 5.27. The molecule has 0 amide bonds. The topological polar surface area (TPSA) is 59.1 Å². The summed E-state index contributed by atoms with van der Waals surface area (Å²) in [5.74, 6) is -0.0628. The molecule has 2 saturated heterocycles. The first-order valence-electron chi connectivity index (χ1n) is 14.0. The number of rotatable bonds is 7. The van der Waals surface area contributed by atoms with Crippen molar-refractivity contribution in [2.75, 3.05) is 36.8 Å². The molecule has 3 aromatic carbocycles. The molecule has 4 aliphatic rings. The highest BCUT2D eigenvalue weighted by Gasteiger charge is 2.44. The predicted molar refractivity (Wildman–Crippen MR) is 148 cm³/mol. The van der Waals surface area contributed by atoms with Crippen LogP contribution in [0.5, 0.6) is 11.5 Å². The molecule has 6 nitrogen and oxygen atoms in total. The van der Waals surface area contributed by atoms with Gasteiger partial charge in [-0.05, 0) is 79.7 Å². The normalized spacial score (nSPS) is 23.8. The van der Waals surface area contributed by atoms with Crippen LogP contribution in [0.4, 0.5) is 14.5 Å². The van der Waals surface area contributed by atoms with Gasteiger partial charge in [-0.2, -0.15) is 0 Å². The minimum Gasteiger partial charge on any atom is -0.395 e. The lowest BCUT2D eigenvalue weighted by molar-refractivity contribution is -0.286. The molecule has 1 aliphatic carbocycles. The van der Waals surface area contributed by atoms with E-state index in [-0.39, 0.29) is 28.1 Å². The number of fused-ring (bicyclic) bond motifs is 2. The van der Waals surface area contributed by atoms with E-state index >= 15 is 0 Å². The van der Waals surface area contributed by atoms with Gasteiger partial charge in [0, 0.05) is 42.7 Å². The Labute approximate surface area is 233 Å². The fraction of sp³-hybridized carbons (Fsp3) is 0.419. The van der Waals surface area contributed by atoms with Crippen molar-refractivity contribution in [1.29, 1.82) is 0 Å². The number of benzene rings is 3. The van der Waals surface area contributed by atoms with E-state index in [1.165, 1.54) is 54.8 Å². The molecule has 0 spiro atoms. The lowest BCUT2D eigenvalue weighted by Gasteiger charge is -2.46. The van der Waals surface area contributed by atoms with Crippen molar-refractivity contribution < 1.29 is 26.7 Å². The third kappa shape index (κ3) is 4.83. The van der Waals surface area contributed by atoms with E-state index in [4.69, 9.17) is 0 Å². The number of hydrogen-bond donors (Lipinski definition) is 0. The van der Waals surface area contributed by atoms with E-state index in [2.05, 4.69) is 67.8 Å². The first-order chi connectivity index (χ1) is 19.2. The average Bonchev–Trinajstić information content (AvgIpc) is 3.19. The molecule has 3 heterocycles. The first kappa shape index (κ1) is 25.8. The van der Waals surface area contributed by atoms with Gasteiger partial charge in [0.2, 0.25) is 0 Å². The quantitative estimate of drug-likeness (QED) is 0.389. The molecule has 0 bridgehead atoms. The monoisotopic (exact) mass is 566 g/mol. The fourth-order valence-corrected chi connectivity index (χ4v) is 8.29. The zero-order valence-electron chi connectivity index (χ0n) is 22.1. The second-order valence-electron chi connectivity index (χ2n) is 11.5. The number of alkyl halides is 2. The molecule has 2 fully saturated rings. The van der Waals surface area contributed by atoms with E-state index in [1.54, 1.807) is 0 Å². The minimum absolute atomic E-state index is 0.0272. The Morgan fingerprint density at radius 1 is 0.925 bits per heavy atom. The Balaban J connectivity index is 1.06. The van der Waals surface area contributed by atoms with Crippen LogP contribution in [0.3, 0.4) is 0 Å². The Morgan fingerprint density at radius 3 is 2.45 bits per heavy atom. The Kier molecular flexibility index (Phi) is 6.27. The van der Waals surface area contributed by atoms with E-state index < -0.39 is 16.1 Å². The molecule has 9 heteroatoms. The van der Waals surface area contributed by atoms with Crippen LogP contribution in [-0.4, -0.2) is 57.6 Å². The summed E-state index contributed by atoms with van der Waals surface area (Å²) in [7, 11) is -3.67. The molecule has 7 rings (SSSR count). The van der Waals surface area contributed by atoms with E-state index in [1.807, 2.05) is 0 Å². The van der Waals surface area contributed by atoms with Crippen molar-refractivity contribution in [3.05, 3.63) is 83.4 Å². The summed E-state index contributed by atoms with van der Waals surface area (Å²) in [6.45, 7) is 3.64. The molecule has 0 N–H and O–H groups in total. The number of halogens is 2. The van der Waals surface area contributed by atoms with Crippen molar-refractivity contribution in [1.82, 2.24) is 4.90 Å². The summed E-state index contributed by atoms with van der Waals surface area (Å²) in [6.07, 6.45) is 0.790. The van der Waals surface area contributed by atoms with E-state index in [9.17, 15) is 17.2 Å². The van der Waals surface area contributed by atoms with Crippen LogP contribution in [0.2, 0.25) is 0 Å². The van der Waals surface area contributed by atoms with Gasteiger partial charge >= 0.3 is 6.29 Å². The smallest absolute Gasteiger partial charge is 0.395 e. The summed E-state index contributed by atoms with van der Waals surface area (Å²) < 4.78 is 61.7. The second-order valence-corrected chi connectivity index (χ2v) is 13.5. The average molecular weight is 567 g/mol. The molecule has 2 atom stereocenters. The highest BCUT2D eigenvalue weighted by atomic mass is 32.2. The molecule has 3 aromatic rings. The minimum atomic E-state index is -3.77. The van der Waals surface area contributed by atoms with Gasteiger partial charge < -0.3 is 14.4 Å². The Hall–Kier alpha value is -3.17. The van der Waals surface area contributed by atoms with Gasteiger partial charge in [0.1, 0.15) is 0 Å². The number of nitrogens with zero attached hydrogens (tertiary/aromatic N) is 2. The Bertz CT molecular complexity index is 1520. The fourth-order valence-electron chi connectivity index (χ4n) is 6.70. The largest absolute Gasteiger partial charge is 0.586 e. The SMILES string of the molecule is O=S(=O)(CC1CN(c2ccc3c(c2)[C@@H](Cc2ccccc2)[C@@H](N2CCC2)CC3)C1)c1ccc2c(c1)OC(F)(F)O2. The third-order valence-corrected chi connectivity index (χ3v) is 10.8. The number of aryl methyl sites for hydroxylation is 1. The van der Waals surface area contributed by atoms with Crippen LogP contribution in [-0.2, 0) is 22.7 Å². The summed E-state index contributed by atoms with van der Waals surface area (Å²) in [5, 5.41) is 0. The molecular formula is C31H32F2N2O4S. The third-order valence-electron chi connectivity index (χ3n) is 8.87. The van der Waals surface area contributed by atoms with E-state index in [0.29, 0.717) is 25.0 Å². The van der Waals surface area contributed by atoms with Crippen LogP contribution in [0.15, 0.2) is 71.6 Å².